The van der Waals surface area contributed by atoms with E-state index in [2.05, 4.69) is 176 Å². The van der Waals surface area contributed by atoms with E-state index in [-0.39, 0.29) is 6.17 Å². The fourth-order valence-electron chi connectivity index (χ4n) is 7.13. The number of nitrogens with zero attached hydrogens (tertiary/aromatic N) is 4. The second kappa shape index (κ2) is 13.2. The van der Waals surface area contributed by atoms with Crippen molar-refractivity contribution in [3.8, 4) is 56.4 Å². The highest BCUT2D eigenvalue weighted by Crippen LogP contribution is 2.33. The normalized spacial score (nSPS) is 14.2. The Kier molecular flexibility index (Phi) is 7.94. The Bertz CT molecular complexity index is 2500. The Labute approximate surface area is 303 Å². The lowest BCUT2D eigenvalue weighted by molar-refractivity contribution is 0.619. The topological polar surface area (TPSA) is 63.1 Å². The maximum atomic E-state index is 5.06. The number of fused-ring (bicyclic) bond motifs is 2. The molecular formula is C47H35N5. The summed E-state index contributed by atoms with van der Waals surface area (Å²) in [4.78, 5) is 19.9. The SMILES string of the molecule is CC1=CC(C)=NC(c2ccc(-c3nc(-c4ccc(-c5cccc6ccccc56)cc4)nc(-c4ccc(-c5cccc6ccccc56)cc4)n3)cc2)N1. The van der Waals surface area contributed by atoms with Crippen LogP contribution in [0.25, 0.3) is 78.0 Å². The molecule has 0 aliphatic carbocycles. The number of benzene rings is 7. The molecule has 1 atom stereocenters. The van der Waals surface area contributed by atoms with Crippen LogP contribution in [0.4, 0.5) is 0 Å². The van der Waals surface area contributed by atoms with Crippen LogP contribution in [0.2, 0.25) is 0 Å². The van der Waals surface area contributed by atoms with Crippen LogP contribution < -0.4 is 5.32 Å². The second-order valence-electron chi connectivity index (χ2n) is 13.3. The molecule has 5 nitrogen and oxygen atoms in total. The molecule has 8 aromatic rings. The van der Waals surface area contributed by atoms with Gasteiger partial charge in [-0.2, -0.15) is 0 Å². The van der Waals surface area contributed by atoms with Crippen molar-refractivity contribution in [2.45, 2.75) is 20.0 Å². The van der Waals surface area contributed by atoms with Crippen LogP contribution in [0.1, 0.15) is 25.6 Å². The predicted molar refractivity (Wildman–Crippen MR) is 215 cm³/mol. The van der Waals surface area contributed by atoms with Crippen molar-refractivity contribution in [2.75, 3.05) is 0 Å². The van der Waals surface area contributed by atoms with Crippen LogP contribution in [0.15, 0.2) is 174 Å². The van der Waals surface area contributed by atoms with Crippen LogP contribution in [0.5, 0.6) is 0 Å². The average Bonchev–Trinajstić information content (AvgIpc) is 3.20. The lowest BCUT2D eigenvalue weighted by Gasteiger charge is -2.21. The zero-order valence-corrected chi connectivity index (χ0v) is 29.0. The van der Waals surface area contributed by atoms with E-state index in [1.165, 1.54) is 32.7 Å². The van der Waals surface area contributed by atoms with Gasteiger partial charge in [0.25, 0.3) is 0 Å². The zero-order valence-electron chi connectivity index (χ0n) is 29.0. The summed E-state index contributed by atoms with van der Waals surface area (Å²) in [5.41, 5.74) is 10.7. The number of nitrogens with one attached hydrogen (secondary N) is 1. The molecule has 0 bridgehead atoms. The van der Waals surface area contributed by atoms with E-state index in [1.807, 2.05) is 6.92 Å². The fourth-order valence-corrected chi connectivity index (χ4v) is 7.13. The molecular weight excluding hydrogens is 635 g/mol. The highest BCUT2D eigenvalue weighted by molar-refractivity contribution is 5.98. The van der Waals surface area contributed by atoms with Gasteiger partial charge in [0.2, 0.25) is 0 Å². The van der Waals surface area contributed by atoms with Crippen molar-refractivity contribution in [1.29, 1.82) is 0 Å². The molecule has 5 heteroatoms. The zero-order chi connectivity index (χ0) is 35.0. The molecule has 0 amide bonds. The minimum absolute atomic E-state index is 0.121. The Hall–Kier alpha value is -6.72. The average molecular weight is 670 g/mol. The molecule has 1 unspecified atom stereocenters. The van der Waals surface area contributed by atoms with Gasteiger partial charge in [0.05, 0.1) is 0 Å². The molecule has 0 spiro atoms. The molecule has 52 heavy (non-hydrogen) atoms. The van der Waals surface area contributed by atoms with Crippen LogP contribution >= 0.6 is 0 Å². The monoisotopic (exact) mass is 669 g/mol. The third-order valence-electron chi connectivity index (χ3n) is 9.73. The quantitative estimate of drug-likeness (QED) is 0.191. The highest BCUT2D eigenvalue weighted by Gasteiger charge is 2.17. The van der Waals surface area contributed by atoms with Crippen LogP contribution in [0, 0.1) is 0 Å². The van der Waals surface area contributed by atoms with E-state index >= 15 is 0 Å². The maximum absolute atomic E-state index is 5.06. The number of allylic oxidation sites excluding steroid dienone is 2. The summed E-state index contributed by atoms with van der Waals surface area (Å²) in [6.45, 7) is 4.10. The number of rotatable bonds is 6. The molecule has 0 radical (unpaired) electrons. The van der Waals surface area contributed by atoms with Gasteiger partial charge in [-0.25, -0.2) is 15.0 Å². The number of aliphatic imine (C=N–C) groups is 1. The van der Waals surface area contributed by atoms with Crippen LogP contribution in [-0.4, -0.2) is 20.7 Å². The molecule has 1 aliphatic rings. The Morgan fingerprint density at radius 2 is 0.827 bits per heavy atom. The summed E-state index contributed by atoms with van der Waals surface area (Å²) in [5.74, 6) is 1.87. The lowest BCUT2D eigenvalue weighted by atomic mass is 9.97. The first-order chi connectivity index (χ1) is 25.6. The summed E-state index contributed by atoms with van der Waals surface area (Å²) >= 11 is 0. The van der Waals surface area contributed by atoms with E-state index in [0.29, 0.717) is 17.5 Å². The van der Waals surface area contributed by atoms with E-state index in [1.54, 1.807) is 0 Å². The largest absolute Gasteiger partial charge is 0.364 e. The van der Waals surface area contributed by atoms with Crippen molar-refractivity contribution in [3.63, 3.8) is 0 Å². The van der Waals surface area contributed by atoms with Crippen molar-refractivity contribution < 1.29 is 0 Å². The van der Waals surface area contributed by atoms with E-state index in [0.717, 1.165) is 44.8 Å². The first-order valence-corrected chi connectivity index (χ1v) is 17.6. The van der Waals surface area contributed by atoms with Crippen LogP contribution in [0.3, 0.4) is 0 Å². The van der Waals surface area contributed by atoms with Crippen molar-refractivity contribution in [3.05, 3.63) is 175 Å². The predicted octanol–water partition coefficient (Wildman–Crippen LogP) is 11.5. The molecule has 1 N–H and O–H groups in total. The van der Waals surface area contributed by atoms with Gasteiger partial charge in [0.15, 0.2) is 17.5 Å². The second-order valence-corrected chi connectivity index (χ2v) is 13.3. The summed E-state index contributed by atoms with van der Waals surface area (Å²) in [6, 6.07) is 55.3. The van der Waals surface area contributed by atoms with Gasteiger partial charge >= 0.3 is 0 Å². The first kappa shape index (κ1) is 31.3. The molecule has 0 saturated carbocycles. The summed E-state index contributed by atoms with van der Waals surface area (Å²) in [5, 5.41) is 8.37. The minimum Gasteiger partial charge on any atom is -0.364 e. The third kappa shape index (κ3) is 6.03. The molecule has 2 heterocycles. The Morgan fingerprint density at radius 1 is 0.423 bits per heavy atom. The van der Waals surface area contributed by atoms with E-state index < -0.39 is 0 Å². The number of hydrogen-bond donors (Lipinski definition) is 1. The smallest absolute Gasteiger partial charge is 0.164 e. The van der Waals surface area contributed by atoms with Gasteiger partial charge in [-0.1, -0.05) is 158 Å². The fraction of sp³-hybridized carbons (Fsp3) is 0.0638. The molecule has 9 rings (SSSR count). The maximum Gasteiger partial charge on any atom is 0.164 e. The molecule has 7 aromatic carbocycles. The Morgan fingerprint density at radius 3 is 1.29 bits per heavy atom. The number of aromatic nitrogens is 3. The van der Waals surface area contributed by atoms with Gasteiger partial charge in [-0.15, -0.1) is 0 Å². The van der Waals surface area contributed by atoms with Gasteiger partial charge < -0.3 is 5.32 Å². The standard InChI is InChI=1S/C47H35N5/c1-30-29-31(2)49-44(48-30)36-25-27-39(28-26-36)47-51-45(37-21-17-34(18-22-37)42-15-7-11-32-9-3-5-13-40(32)42)50-46(52-47)38-23-19-35(20-24-38)43-16-8-12-33-10-4-6-14-41(33)43/h3-29,44,48H,1-2H3. The Balaban J connectivity index is 1.11. The van der Waals surface area contributed by atoms with Gasteiger partial charge in [-0.05, 0) is 69.3 Å². The molecule has 248 valence electrons. The van der Waals surface area contributed by atoms with E-state index in [4.69, 9.17) is 19.9 Å². The minimum atomic E-state index is -0.121. The molecule has 0 saturated heterocycles. The van der Waals surface area contributed by atoms with Crippen molar-refractivity contribution in [1.82, 2.24) is 20.3 Å². The summed E-state index contributed by atoms with van der Waals surface area (Å²) in [6.07, 6.45) is 1.94. The van der Waals surface area contributed by atoms with Crippen molar-refractivity contribution >= 4 is 27.3 Å². The highest BCUT2D eigenvalue weighted by atomic mass is 15.1. The van der Waals surface area contributed by atoms with Crippen LogP contribution in [-0.2, 0) is 0 Å². The number of hydrogen-bond acceptors (Lipinski definition) is 5. The molecule has 1 aromatic heterocycles. The van der Waals surface area contributed by atoms with Gasteiger partial charge in [-0.3, -0.25) is 4.99 Å². The van der Waals surface area contributed by atoms with Gasteiger partial charge in [0.1, 0.15) is 6.17 Å². The van der Waals surface area contributed by atoms with Gasteiger partial charge in [0, 0.05) is 28.1 Å². The summed E-state index contributed by atoms with van der Waals surface area (Å²) in [7, 11) is 0. The molecule has 1 aliphatic heterocycles. The van der Waals surface area contributed by atoms with Crippen molar-refractivity contribution in [2.24, 2.45) is 4.99 Å². The van der Waals surface area contributed by atoms with E-state index in [9.17, 15) is 0 Å². The molecule has 0 fully saturated rings. The first-order valence-electron chi connectivity index (χ1n) is 17.6. The third-order valence-corrected chi connectivity index (χ3v) is 9.73. The lowest BCUT2D eigenvalue weighted by Crippen LogP contribution is -2.22. The summed E-state index contributed by atoms with van der Waals surface area (Å²) < 4.78 is 0.